The fraction of sp³-hybridized carbons (Fsp3) is 0.250. The molecule has 20 heavy (non-hydrogen) atoms. The van der Waals surface area contributed by atoms with Gasteiger partial charge in [-0.25, -0.2) is 4.39 Å². The van der Waals surface area contributed by atoms with Gasteiger partial charge in [0.05, 0.1) is 0 Å². The van der Waals surface area contributed by atoms with E-state index < -0.39 is 0 Å². The smallest absolute Gasteiger partial charge is 0.127 e. The van der Waals surface area contributed by atoms with Crippen LogP contribution >= 0.6 is 23.2 Å². The zero-order chi connectivity index (χ0) is 14.7. The van der Waals surface area contributed by atoms with E-state index in [9.17, 15) is 4.39 Å². The van der Waals surface area contributed by atoms with Gasteiger partial charge in [-0.15, -0.1) is 0 Å². The highest BCUT2D eigenvalue weighted by atomic mass is 35.5. The molecule has 0 radical (unpaired) electrons. The molecule has 0 heterocycles. The fourth-order valence-corrected chi connectivity index (χ4v) is 2.82. The number of hydrogen-bond donors (Lipinski definition) is 1. The Bertz CT molecular complexity index is 593. The molecule has 0 aliphatic rings. The van der Waals surface area contributed by atoms with Crippen molar-refractivity contribution in [1.82, 2.24) is 5.32 Å². The normalized spacial score (nSPS) is 12.4. The van der Waals surface area contributed by atoms with Crippen molar-refractivity contribution in [2.24, 2.45) is 0 Å². The molecule has 0 amide bonds. The molecule has 1 unspecified atom stereocenters. The Labute approximate surface area is 128 Å². The second kappa shape index (κ2) is 6.57. The number of benzene rings is 2. The van der Waals surface area contributed by atoms with Crippen LogP contribution in [0, 0.1) is 12.7 Å². The summed E-state index contributed by atoms with van der Waals surface area (Å²) in [6, 6.07) is 10.5. The topological polar surface area (TPSA) is 12.0 Å². The molecule has 2 aromatic rings. The first-order valence-corrected chi connectivity index (χ1v) is 7.14. The van der Waals surface area contributed by atoms with Crippen molar-refractivity contribution in [3.63, 3.8) is 0 Å². The van der Waals surface area contributed by atoms with E-state index in [1.54, 1.807) is 12.1 Å². The number of rotatable bonds is 4. The minimum atomic E-state index is -0.291. The van der Waals surface area contributed by atoms with E-state index in [2.05, 4.69) is 5.32 Å². The Balaban J connectivity index is 2.34. The van der Waals surface area contributed by atoms with Gasteiger partial charge >= 0.3 is 0 Å². The highest BCUT2D eigenvalue weighted by Crippen LogP contribution is 2.29. The summed E-state index contributed by atoms with van der Waals surface area (Å²) >= 11 is 12.4. The second-order valence-electron chi connectivity index (χ2n) is 4.77. The molecular weight excluding hydrogens is 296 g/mol. The van der Waals surface area contributed by atoms with Crippen molar-refractivity contribution in [2.45, 2.75) is 19.4 Å². The highest BCUT2D eigenvalue weighted by Gasteiger charge is 2.17. The summed E-state index contributed by atoms with van der Waals surface area (Å²) in [6.07, 6.45) is 0.449. The molecule has 1 atom stereocenters. The minimum Gasteiger partial charge on any atom is -0.313 e. The standard InChI is InChI=1S/C16H16Cl2FN/c1-10-6-7-11(14(18)8-10)16(20-2)9-12-13(17)4-3-5-15(12)19/h3-8,16,20H,9H2,1-2H3. The molecule has 0 aliphatic carbocycles. The first-order valence-electron chi connectivity index (χ1n) is 6.39. The van der Waals surface area contributed by atoms with Gasteiger partial charge in [0.25, 0.3) is 0 Å². The fourth-order valence-electron chi connectivity index (χ4n) is 2.21. The van der Waals surface area contributed by atoms with Gasteiger partial charge < -0.3 is 5.32 Å². The summed E-state index contributed by atoms with van der Waals surface area (Å²) in [5.74, 6) is -0.291. The summed E-state index contributed by atoms with van der Waals surface area (Å²) in [5.41, 5.74) is 2.54. The molecule has 0 saturated carbocycles. The van der Waals surface area contributed by atoms with Gasteiger partial charge in [0.15, 0.2) is 0 Å². The van der Waals surface area contributed by atoms with Crippen molar-refractivity contribution < 1.29 is 4.39 Å². The van der Waals surface area contributed by atoms with Gasteiger partial charge in [0, 0.05) is 21.7 Å². The van der Waals surface area contributed by atoms with Crippen molar-refractivity contribution in [2.75, 3.05) is 7.05 Å². The summed E-state index contributed by atoms with van der Waals surface area (Å²) in [6.45, 7) is 1.98. The largest absolute Gasteiger partial charge is 0.313 e. The molecule has 106 valence electrons. The number of halogens is 3. The first-order chi connectivity index (χ1) is 9.52. The van der Waals surface area contributed by atoms with E-state index in [1.807, 2.05) is 32.2 Å². The third-order valence-electron chi connectivity index (χ3n) is 3.35. The monoisotopic (exact) mass is 311 g/mol. The van der Waals surface area contributed by atoms with Crippen LogP contribution in [-0.4, -0.2) is 7.05 Å². The number of hydrogen-bond acceptors (Lipinski definition) is 1. The lowest BCUT2D eigenvalue weighted by Crippen LogP contribution is -2.20. The zero-order valence-electron chi connectivity index (χ0n) is 11.4. The molecule has 4 heteroatoms. The predicted octanol–water partition coefficient (Wildman–Crippen LogP) is 4.94. The highest BCUT2D eigenvalue weighted by molar-refractivity contribution is 6.31. The molecule has 0 aromatic heterocycles. The van der Waals surface area contributed by atoms with Gasteiger partial charge in [-0.05, 0) is 49.7 Å². The maximum absolute atomic E-state index is 13.9. The van der Waals surface area contributed by atoms with Crippen LogP contribution in [-0.2, 0) is 6.42 Å². The molecule has 0 saturated heterocycles. The van der Waals surface area contributed by atoms with Crippen LogP contribution in [0.5, 0.6) is 0 Å². The van der Waals surface area contributed by atoms with E-state index in [-0.39, 0.29) is 11.9 Å². The average Bonchev–Trinajstić information content (AvgIpc) is 2.40. The third kappa shape index (κ3) is 3.32. The molecule has 2 rings (SSSR count). The second-order valence-corrected chi connectivity index (χ2v) is 5.58. The molecular formula is C16H16Cl2FN. The van der Waals surface area contributed by atoms with Crippen molar-refractivity contribution in [1.29, 1.82) is 0 Å². The van der Waals surface area contributed by atoms with Crippen LogP contribution in [0.3, 0.4) is 0 Å². The van der Waals surface area contributed by atoms with E-state index in [4.69, 9.17) is 23.2 Å². The van der Waals surface area contributed by atoms with E-state index in [1.165, 1.54) is 6.07 Å². The minimum absolute atomic E-state index is 0.0856. The summed E-state index contributed by atoms with van der Waals surface area (Å²) in [4.78, 5) is 0. The van der Waals surface area contributed by atoms with Crippen molar-refractivity contribution >= 4 is 23.2 Å². The molecule has 0 bridgehead atoms. The zero-order valence-corrected chi connectivity index (χ0v) is 12.9. The lowest BCUT2D eigenvalue weighted by molar-refractivity contribution is 0.554. The molecule has 1 nitrogen and oxygen atoms in total. The molecule has 0 fully saturated rings. The first kappa shape index (κ1) is 15.3. The molecule has 2 aromatic carbocycles. The van der Waals surface area contributed by atoms with Crippen LogP contribution < -0.4 is 5.32 Å². The predicted molar refractivity (Wildman–Crippen MR) is 83.1 cm³/mol. The molecule has 0 aliphatic heterocycles. The molecule has 0 spiro atoms. The van der Waals surface area contributed by atoms with E-state index >= 15 is 0 Å². The summed E-state index contributed by atoms with van der Waals surface area (Å²) in [5, 5.41) is 4.29. The lowest BCUT2D eigenvalue weighted by Gasteiger charge is -2.19. The Kier molecular flexibility index (Phi) is 5.03. The van der Waals surface area contributed by atoms with Gasteiger partial charge in [-0.3, -0.25) is 0 Å². The van der Waals surface area contributed by atoms with Crippen LogP contribution in [0.1, 0.15) is 22.7 Å². The van der Waals surface area contributed by atoms with E-state index in [0.29, 0.717) is 22.0 Å². The van der Waals surface area contributed by atoms with Crippen LogP contribution in [0.25, 0.3) is 0 Å². The lowest BCUT2D eigenvalue weighted by atomic mass is 9.97. The maximum atomic E-state index is 13.9. The van der Waals surface area contributed by atoms with Crippen molar-refractivity contribution in [3.05, 3.63) is 69.0 Å². The maximum Gasteiger partial charge on any atom is 0.127 e. The summed E-state index contributed by atoms with van der Waals surface area (Å²) < 4.78 is 13.9. The Hall–Kier alpha value is -1.09. The third-order valence-corrected chi connectivity index (χ3v) is 4.03. The number of aryl methyl sites for hydroxylation is 1. The van der Waals surface area contributed by atoms with Gasteiger partial charge in [-0.2, -0.15) is 0 Å². The molecule has 1 N–H and O–H groups in total. The van der Waals surface area contributed by atoms with Crippen LogP contribution in [0.2, 0.25) is 10.0 Å². The Morgan fingerprint density at radius 2 is 1.90 bits per heavy atom. The van der Waals surface area contributed by atoms with Gasteiger partial charge in [-0.1, -0.05) is 41.4 Å². The number of nitrogens with one attached hydrogen (secondary N) is 1. The van der Waals surface area contributed by atoms with Crippen LogP contribution in [0.15, 0.2) is 36.4 Å². The summed E-state index contributed by atoms with van der Waals surface area (Å²) in [7, 11) is 1.83. The van der Waals surface area contributed by atoms with Crippen LogP contribution in [0.4, 0.5) is 4.39 Å². The van der Waals surface area contributed by atoms with Crippen molar-refractivity contribution in [3.8, 4) is 0 Å². The Morgan fingerprint density at radius 1 is 1.15 bits per heavy atom. The van der Waals surface area contributed by atoms with Gasteiger partial charge in [0.1, 0.15) is 5.82 Å². The average molecular weight is 312 g/mol. The Morgan fingerprint density at radius 3 is 2.50 bits per heavy atom. The van der Waals surface area contributed by atoms with E-state index in [0.717, 1.165) is 11.1 Å². The number of likely N-dealkylation sites (N-methyl/N-ethyl adjacent to an activating group) is 1. The quantitative estimate of drug-likeness (QED) is 0.843. The van der Waals surface area contributed by atoms with Gasteiger partial charge in [0.2, 0.25) is 0 Å². The SMILES string of the molecule is CNC(Cc1c(F)cccc1Cl)c1ccc(C)cc1Cl.